The predicted octanol–water partition coefficient (Wildman–Crippen LogP) is 6.65. The minimum Gasteiger partial charge on any atom is -0.462 e. The van der Waals surface area contributed by atoms with Crippen LogP contribution in [0.25, 0.3) is 11.1 Å². The molecule has 156 valence electrons. The number of esters is 2. The maximum atomic E-state index is 12.3. The van der Waals surface area contributed by atoms with Crippen LogP contribution in [0.1, 0.15) is 86.2 Å². The van der Waals surface area contributed by atoms with Crippen LogP contribution in [0, 0.1) is 13.8 Å². The Morgan fingerprint density at radius 1 is 0.828 bits per heavy atom. The van der Waals surface area contributed by atoms with E-state index in [2.05, 4.69) is 13.8 Å². The van der Waals surface area contributed by atoms with Crippen LogP contribution in [-0.2, 0) is 9.47 Å². The molecule has 0 saturated carbocycles. The Balaban J connectivity index is 1.92. The van der Waals surface area contributed by atoms with E-state index in [4.69, 9.17) is 9.47 Å². The Kier molecular flexibility index (Phi) is 7.30. The van der Waals surface area contributed by atoms with E-state index in [1.165, 1.54) is 33.8 Å². The van der Waals surface area contributed by atoms with Gasteiger partial charge in [0.25, 0.3) is 0 Å². The lowest BCUT2D eigenvalue weighted by molar-refractivity contribution is 0.0501. The van der Waals surface area contributed by atoms with Gasteiger partial charge in [0.15, 0.2) is 0 Å². The summed E-state index contributed by atoms with van der Waals surface area (Å²) < 4.78 is 10.6. The number of carbonyl (C=O) groups is 2. The molecule has 1 aliphatic carbocycles. The van der Waals surface area contributed by atoms with Gasteiger partial charge in [-0.05, 0) is 80.4 Å². The van der Waals surface area contributed by atoms with Crippen molar-refractivity contribution in [2.75, 3.05) is 13.2 Å². The van der Waals surface area contributed by atoms with Crippen LogP contribution in [-0.4, -0.2) is 25.2 Å². The van der Waals surface area contributed by atoms with E-state index in [1.807, 2.05) is 26.0 Å². The molecule has 0 aromatic carbocycles. The maximum absolute atomic E-state index is 12.3. The van der Waals surface area contributed by atoms with Gasteiger partial charge in [-0.3, -0.25) is 0 Å². The number of ether oxygens (including phenoxy) is 2. The zero-order chi connectivity index (χ0) is 21.0. The first-order valence-corrected chi connectivity index (χ1v) is 11.9. The molecule has 0 aliphatic heterocycles. The molecule has 0 amide bonds. The minimum atomic E-state index is -0.237. The molecule has 0 bridgehead atoms. The molecule has 6 heteroatoms. The number of hydrogen-bond acceptors (Lipinski definition) is 6. The lowest BCUT2D eigenvalue weighted by atomic mass is 9.97. The average Bonchev–Trinajstić information content (AvgIpc) is 3.41. The third-order valence-corrected chi connectivity index (χ3v) is 7.04. The van der Waals surface area contributed by atoms with Crippen LogP contribution >= 0.6 is 22.7 Å². The highest BCUT2D eigenvalue weighted by molar-refractivity contribution is 7.14. The zero-order valence-electron chi connectivity index (χ0n) is 17.6. The van der Waals surface area contributed by atoms with E-state index < -0.39 is 0 Å². The van der Waals surface area contributed by atoms with Crippen molar-refractivity contribution in [2.45, 2.75) is 59.8 Å². The van der Waals surface area contributed by atoms with Crippen LogP contribution in [0.3, 0.4) is 0 Å². The second-order valence-corrected chi connectivity index (χ2v) is 9.76. The van der Waals surface area contributed by atoms with Crippen LogP contribution in [0.5, 0.6) is 0 Å². The van der Waals surface area contributed by atoms with Gasteiger partial charge in [0.05, 0.1) is 13.2 Å². The van der Waals surface area contributed by atoms with E-state index in [0.29, 0.717) is 23.0 Å². The number of hydrogen-bond donors (Lipinski definition) is 0. The lowest BCUT2D eigenvalue weighted by Gasteiger charge is -2.07. The summed E-state index contributed by atoms with van der Waals surface area (Å²) in [5.74, 6) is -0.474. The van der Waals surface area contributed by atoms with Gasteiger partial charge >= 0.3 is 11.9 Å². The summed E-state index contributed by atoms with van der Waals surface area (Å²) in [4.78, 5) is 28.2. The first-order valence-electron chi connectivity index (χ1n) is 10.2. The average molecular weight is 433 g/mol. The third kappa shape index (κ3) is 4.81. The van der Waals surface area contributed by atoms with Gasteiger partial charge in [0.2, 0.25) is 0 Å². The van der Waals surface area contributed by atoms with E-state index in [9.17, 15) is 9.59 Å². The Morgan fingerprint density at radius 3 is 1.62 bits per heavy atom. The van der Waals surface area contributed by atoms with Crippen molar-refractivity contribution in [3.63, 3.8) is 0 Å². The van der Waals surface area contributed by atoms with Crippen LogP contribution in [0.15, 0.2) is 12.1 Å². The number of carbonyl (C=O) groups excluding carboxylic acids is 2. The molecule has 0 atom stereocenters. The zero-order valence-corrected chi connectivity index (χ0v) is 19.2. The molecule has 2 aromatic rings. The second kappa shape index (κ2) is 9.72. The fourth-order valence-corrected chi connectivity index (χ4v) is 5.52. The molecular weight excluding hydrogens is 404 g/mol. The fourth-order valence-electron chi connectivity index (χ4n) is 3.63. The highest BCUT2D eigenvalue weighted by atomic mass is 32.1. The SMILES string of the molecule is CCCOC(=O)c1cc(C2=C(c3cc(C(=O)OCCC)sc3C)CCC2)c(C)s1. The van der Waals surface area contributed by atoms with Gasteiger partial charge in [0, 0.05) is 9.75 Å². The lowest BCUT2D eigenvalue weighted by Crippen LogP contribution is -2.03. The van der Waals surface area contributed by atoms with E-state index in [-0.39, 0.29) is 11.9 Å². The number of allylic oxidation sites excluding steroid dienone is 2. The van der Waals surface area contributed by atoms with Crippen molar-refractivity contribution in [2.24, 2.45) is 0 Å². The van der Waals surface area contributed by atoms with Gasteiger partial charge in [-0.15, -0.1) is 22.7 Å². The largest absolute Gasteiger partial charge is 0.462 e. The van der Waals surface area contributed by atoms with Crippen molar-refractivity contribution >= 4 is 45.8 Å². The molecular formula is C23H28O4S2. The topological polar surface area (TPSA) is 52.6 Å². The molecule has 0 unspecified atom stereocenters. The van der Waals surface area contributed by atoms with E-state index in [1.54, 1.807) is 0 Å². The second-order valence-electron chi connectivity index (χ2n) is 7.24. The Hall–Kier alpha value is -1.92. The number of aryl methyl sites for hydroxylation is 2. The smallest absolute Gasteiger partial charge is 0.348 e. The normalized spacial score (nSPS) is 13.8. The monoisotopic (exact) mass is 432 g/mol. The minimum absolute atomic E-state index is 0.237. The number of thiophene rings is 2. The standard InChI is InChI=1S/C23H28O4S2/c1-5-10-26-22(24)20-12-18(14(3)28-20)16-8-7-9-17(16)19-13-21(29-15(19)4)23(25)27-11-6-2/h12-13H,5-11H2,1-4H3. The van der Waals surface area contributed by atoms with Crippen molar-refractivity contribution < 1.29 is 19.1 Å². The van der Waals surface area contributed by atoms with Crippen molar-refractivity contribution in [1.29, 1.82) is 0 Å². The van der Waals surface area contributed by atoms with Crippen LogP contribution in [0.2, 0.25) is 0 Å². The summed E-state index contributed by atoms with van der Waals surface area (Å²) >= 11 is 3.00. The first-order chi connectivity index (χ1) is 14.0. The van der Waals surface area contributed by atoms with Crippen molar-refractivity contribution in [1.82, 2.24) is 0 Å². The summed E-state index contributed by atoms with van der Waals surface area (Å²) in [6.07, 6.45) is 4.69. The third-order valence-electron chi connectivity index (χ3n) is 4.98. The summed E-state index contributed by atoms with van der Waals surface area (Å²) in [5, 5.41) is 0. The summed E-state index contributed by atoms with van der Waals surface area (Å²) in [5.41, 5.74) is 4.88. The predicted molar refractivity (Wildman–Crippen MR) is 120 cm³/mol. The molecule has 29 heavy (non-hydrogen) atoms. The molecule has 2 aromatic heterocycles. The molecule has 0 fully saturated rings. The van der Waals surface area contributed by atoms with Crippen LogP contribution < -0.4 is 0 Å². The Labute approximate surface area is 180 Å². The molecule has 0 N–H and O–H groups in total. The fraction of sp³-hybridized carbons (Fsp3) is 0.478. The van der Waals surface area contributed by atoms with Gasteiger partial charge in [-0.25, -0.2) is 9.59 Å². The van der Waals surface area contributed by atoms with Crippen molar-refractivity contribution in [3.8, 4) is 0 Å². The summed E-state index contributed by atoms with van der Waals surface area (Å²) in [6.45, 7) is 9.00. The Morgan fingerprint density at radius 2 is 1.24 bits per heavy atom. The van der Waals surface area contributed by atoms with E-state index >= 15 is 0 Å². The molecule has 0 radical (unpaired) electrons. The van der Waals surface area contributed by atoms with Gasteiger partial charge < -0.3 is 9.47 Å². The maximum Gasteiger partial charge on any atom is 0.348 e. The number of rotatable bonds is 8. The quantitative estimate of drug-likeness (QED) is 0.438. The molecule has 0 saturated heterocycles. The molecule has 1 aliphatic rings. The summed E-state index contributed by atoms with van der Waals surface area (Å²) in [7, 11) is 0. The molecule has 0 spiro atoms. The summed E-state index contributed by atoms with van der Waals surface area (Å²) in [6, 6.07) is 3.97. The Bertz CT molecular complexity index is 859. The van der Waals surface area contributed by atoms with Gasteiger partial charge in [0.1, 0.15) is 9.75 Å². The van der Waals surface area contributed by atoms with Crippen molar-refractivity contribution in [3.05, 3.63) is 42.8 Å². The molecule has 3 rings (SSSR count). The first kappa shape index (κ1) is 21.8. The van der Waals surface area contributed by atoms with Gasteiger partial charge in [-0.1, -0.05) is 13.8 Å². The van der Waals surface area contributed by atoms with Gasteiger partial charge in [-0.2, -0.15) is 0 Å². The highest BCUT2D eigenvalue weighted by Gasteiger charge is 2.25. The van der Waals surface area contributed by atoms with E-state index in [0.717, 1.165) is 53.0 Å². The molecule has 4 nitrogen and oxygen atoms in total. The molecule has 2 heterocycles. The highest BCUT2D eigenvalue weighted by Crippen LogP contribution is 2.45. The van der Waals surface area contributed by atoms with Crippen LogP contribution in [0.4, 0.5) is 0 Å².